The number of hydrogen-bond acceptors (Lipinski definition) is 8. The molecule has 0 spiro atoms. The van der Waals surface area contributed by atoms with Crippen molar-refractivity contribution in [3.63, 3.8) is 0 Å². The zero-order valence-corrected chi connectivity index (χ0v) is 29.5. The lowest BCUT2D eigenvalue weighted by Gasteiger charge is -2.32. The molecule has 0 aliphatic carbocycles. The fourth-order valence-corrected chi connectivity index (χ4v) is 7.05. The molecule has 0 aromatic heterocycles. The smallest absolute Gasteiger partial charge is 0.252 e. The Morgan fingerprint density at radius 1 is 0.868 bits per heavy atom. The van der Waals surface area contributed by atoms with Crippen LogP contribution < -0.4 is 10.1 Å². The fraction of sp³-hybridized carbons (Fsp3) is 0.200. The highest BCUT2D eigenvalue weighted by Gasteiger charge is 2.54. The summed E-state index contributed by atoms with van der Waals surface area (Å²) in [5, 5.41) is 20.1. The topological polar surface area (TPSA) is 178 Å². The summed E-state index contributed by atoms with van der Waals surface area (Å²) in [5.74, 6) is 0.416. The molecule has 13 heteroatoms. The molecule has 5 aromatic carbocycles. The number of carbonyl (C=O) groups is 1. The minimum absolute atomic E-state index is 0.0228. The van der Waals surface area contributed by atoms with Crippen LogP contribution in [-0.4, -0.2) is 35.7 Å². The van der Waals surface area contributed by atoms with E-state index in [0.717, 1.165) is 26.5 Å². The van der Waals surface area contributed by atoms with Gasteiger partial charge in [0.15, 0.2) is 11.6 Å². The van der Waals surface area contributed by atoms with Gasteiger partial charge in [0.1, 0.15) is 5.75 Å². The normalized spacial score (nSPS) is 16.0. The number of aliphatic hydroxyl groups is 1. The first-order valence-corrected chi connectivity index (χ1v) is 17.8. The van der Waals surface area contributed by atoms with Crippen molar-refractivity contribution in [2.75, 3.05) is 13.2 Å². The number of rotatable bonds is 16. The van der Waals surface area contributed by atoms with E-state index in [1.807, 2.05) is 78.9 Å². The van der Waals surface area contributed by atoms with Gasteiger partial charge in [0.25, 0.3) is 5.91 Å². The van der Waals surface area contributed by atoms with Gasteiger partial charge in [-0.05, 0) is 70.2 Å². The van der Waals surface area contributed by atoms with Gasteiger partial charge in [0.05, 0.1) is 13.2 Å². The number of azide groups is 2. The first-order chi connectivity index (χ1) is 26.0. The van der Waals surface area contributed by atoms with Crippen LogP contribution in [0.25, 0.3) is 20.9 Å². The van der Waals surface area contributed by atoms with E-state index in [2.05, 4.69) is 25.4 Å². The van der Waals surface area contributed by atoms with Gasteiger partial charge in [-0.3, -0.25) is 4.79 Å². The van der Waals surface area contributed by atoms with E-state index in [4.69, 9.17) is 25.1 Å². The molecular weight excluding hydrogens is 689 g/mol. The summed E-state index contributed by atoms with van der Waals surface area (Å²) in [5.41, 5.74) is 20.8. The number of nitrogens with zero attached hydrogens (tertiary/aromatic N) is 7. The summed E-state index contributed by atoms with van der Waals surface area (Å²) >= 11 is 1.61. The van der Waals surface area contributed by atoms with Gasteiger partial charge in [-0.15, -0.1) is 0 Å². The van der Waals surface area contributed by atoms with E-state index in [9.17, 15) is 5.53 Å². The molecule has 0 saturated heterocycles. The first-order valence-electron chi connectivity index (χ1n) is 17.0. The average Bonchev–Trinajstić information content (AvgIpc) is 3.58. The first kappa shape index (κ1) is 36.6. The second kappa shape index (κ2) is 17.8. The van der Waals surface area contributed by atoms with Gasteiger partial charge >= 0.3 is 0 Å². The molecule has 1 heterocycles. The lowest BCUT2D eigenvalue weighted by atomic mass is 9.80. The maximum Gasteiger partial charge on any atom is 0.252 e. The number of aliphatic imine (C=N–C) groups is 1. The van der Waals surface area contributed by atoms with E-state index < -0.39 is 17.6 Å². The summed E-state index contributed by atoms with van der Waals surface area (Å²) in [6, 6.07) is 39.5. The van der Waals surface area contributed by atoms with Crippen LogP contribution in [0.15, 0.2) is 152 Å². The number of carbonyl (C=O) groups excluding carboxylic acids is 1. The van der Waals surface area contributed by atoms with Crippen LogP contribution in [0, 0.1) is 0 Å². The zero-order valence-electron chi connectivity index (χ0n) is 28.7. The Bertz CT molecular complexity index is 2170. The molecule has 2 atom stereocenters. The molecule has 0 radical (unpaired) electrons. The van der Waals surface area contributed by atoms with Crippen molar-refractivity contribution < 1.29 is 19.4 Å². The number of aliphatic hydroxyl groups excluding tert-OH is 1. The van der Waals surface area contributed by atoms with Gasteiger partial charge < -0.3 is 19.9 Å². The van der Waals surface area contributed by atoms with Crippen LogP contribution in [0.3, 0.4) is 0 Å². The Hall–Kier alpha value is -6.23. The second-order valence-corrected chi connectivity index (χ2v) is 13.2. The van der Waals surface area contributed by atoms with E-state index >= 15 is 4.79 Å². The molecule has 266 valence electrons. The van der Waals surface area contributed by atoms with Crippen LogP contribution in [0.5, 0.6) is 5.75 Å². The third-order valence-electron chi connectivity index (χ3n) is 8.67. The maximum atomic E-state index is 15.0. The molecule has 5 aromatic rings. The molecule has 0 unspecified atom stereocenters. The monoisotopic (exact) mass is 724 g/mol. The summed E-state index contributed by atoms with van der Waals surface area (Å²) in [7, 11) is 0. The minimum atomic E-state index is -1.61. The lowest BCUT2D eigenvalue weighted by Crippen LogP contribution is -2.50. The molecule has 1 amide bonds. The molecular formula is C40H36N8O4S. The SMILES string of the molecule is [N-]=[N+]=NCc1ccccc1C[C@@]1(C(=O)NCc2ccccc2Sc2ccccc2)N=C(c2ccc(OCCCO)cc2)O[C@@H]1c1ccccc1N=[N+]=[N-]. The van der Waals surface area contributed by atoms with Gasteiger partial charge in [-0.25, -0.2) is 4.99 Å². The lowest BCUT2D eigenvalue weighted by molar-refractivity contribution is -0.129. The predicted molar refractivity (Wildman–Crippen MR) is 204 cm³/mol. The number of amides is 1. The highest BCUT2D eigenvalue weighted by molar-refractivity contribution is 7.99. The predicted octanol–water partition coefficient (Wildman–Crippen LogP) is 9.17. The van der Waals surface area contributed by atoms with Crippen LogP contribution in [-0.2, 0) is 29.0 Å². The summed E-state index contributed by atoms with van der Waals surface area (Å²) in [6.07, 6.45) is -0.462. The fourth-order valence-electron chi connectivity index (χ4n) is 6.08. The van der Waals surface area contributed by atoms with Crippen molar-refractivity contribution in [2.24, 2.45) is 15.2 Å². The largest absolute Gasteiger partial charge is 0.494 e. The molecule has 1 aliphatic rings. The quantitative estimate of drug-likeness (QED) is 0.0445. The number of nitrogens with one attached hydrogen (secondary N) is 1. The van der Waals surface area contributed by atoms with Crippen molar-refractivity contribution in [3.8, 4) is 5.75 Å². The average molecular weight is 725 g/mol. The van der Waals surface area contributed by atoms with Crippen LogP contribution in [0.4, 0.5) is 5.69 Å². The number of hydrogen-bond donors (Lipinski definition) is 2. The third-order valence-corrected chi connectivity index (χ3v) is 9.79. The Balaban J connectivity index is 1.45. The highest BCUT2D eigenvalue weighted by atomic mass is 32.2. The standard InChI is InChI=1S/C40H36N8O4S/c41-47-44-27-30-12-5-4-11-29(30)25-40(39(50)43-26-31-13-6-9-18-36(31)53-33-14-2-1-3-15-33)37(34-16-7-8-17-35(34)46-48-42)52-38(45-40)28-19-21-32(22-20-28)51-24-10-23-49/h1-9,11-22,37,49H,10,23-27H2,(H,43,50)/t37-,40-/m1/s1. The van der Waals surface area contributed by atoms with Crippen LogP contribution >= 0.6 is 11.8 Å². The maximum absolute atomic E-state index is 15.0. The van der Waals surface area contributed by atoms with Crippen molar-refractivity contribution >= 4 is 29.3 Å². The van der Waals surface area contributed by atoms with Gasteiger partial charge in [-0.1, -0.05) is 107 Å². The third kappa shape index (κ3) is 8.81. The van der Waals surface area contributed by atoms with E-state index in [0.29, 0.717) is 35.6 Å². The number of ether oxygens (including phenoxy) is 2. The summed E-state index contributed by atoms with van der Waals surface area (Å²) < 4.78 is 12.4. The molecule has 0 bridgehead atoms. The molecule has 53 heavy (non-hydrogen) atoms. The summed E-state index contributed by atoms with van der Waals surface area (Å²) in [4.78, 5) is 28.2. The van der Waals surface area contributed by atoms with Crippen molar-refractivity contribution in [1.82, 2.24) is 5.32 Å². The molecule has 0 saturated carbocycles. The molecule has 6 rings (SSSR count). The van der Waals surface area contributed by atoms with E-state index in [1.54, 1.807) is 60.3 Å². The molecule has 12 nitrogen and oxygen atoms in total. The van der Waals surface area contributed by atoms with E-state index in [1.165, 1.54) is 0 Å². The highest BCUT2D eigenvalue weighted by Crippen LogP contribution is 2.46. The van der Waals surface area contributed by atoms with Gasteiger partial charge in [-0.2, -0.15) is 0 Å². The Kier molecular flexibility index (Phi) is 12.3. The van der Waals surface area contributed by atoms with E-state index in [-0.39, 0.29) is 32.0 Å². The van der Waals surface area contributed by atoms with Crippen molar-refractivity contribution in [2.45, 2.75) is 47.4 Å². The Morgan fingerprint density at radius 3 is 2.32 bits per heavy atom. The summed E-state index contributed by atoms with van der Waals surface area (Å²) in [6.45, 7) is 0.655. The zero-order chi connectivity index (χ0) is 36.9. The minimum Gasteiger partial charge on any atom is -0.494 e. The molecule has 0 fully saturated rings. The molecule has 1 aliphatic heterocycles. The van der Waals surface area contributed by atoms with Crippen molar-refractivity contribution in [3.05, 3.63) is 176 Å². The van der Waals surface area contributed by atoms with Crippen LogP contribution in [0.1, 0.15) is 40.3 Å². The van der Waals surface area contributed by atoms with Gasteiger partial charge in [0.2, 0.25) is 5.90 Å². The van der Waals surface area contributed by atoms with Gasteiger partial charge in [0, 0.05) is 62.4 Å². The number of benzene rings is 5. The Morgan fingerprint density at radius 2 is 1.57 bits per heavy atom. The second-order valence-electron chi connectivity index (χ2n) is 12.1. The Labute approximate surface area is 310 Å². The van der Waals surface area contributed by atoms with Crippen LogP contribution in [0.2, 0.25) is 0 Å². The molecule has 2 N–H and O–H groups in total. The van der Waals surface area contributed by atoms with Crippen molar-refractivity contribution in [1.29, 1.82) is 0 Å².